The molecule has 1 N–H and O–H groups in total. The number of ether oxygens (including phenoxy) is 2. The van der Waals surface area contributed by atoms with E-state index in [-0.39, 0.29) is 5.91 Å². The molecule has 4 nitrogen and oxygen atoms in total. The Morgan fingerprint density at radius 3 is 2.42 bits per heavy atom. The molecule has 0 bridgehead atoms. The SMILES string of the molecule is COc1cccc(C(=O)Nc2cc(Oc3ccc(Cl)cc3)ccc2Br)c1. The number of hydrogen-bond donors (Lipinski definition) is 1. The van der Waals surface area contributed by atoms with E-state index in [1.807, 2.05) is 6.07 Å². The van der Waals surface area contributed by atoms with Crippen molar-refractivity contribution in [2.45, 2.75) is 0 Å². The number of benzene rings is 3. The van der Waals surface area contributed by atoms with E-state index in [1.54, 1.807) is 67.8 Å². The maximum atomic E-state index is 12.5. The summed E-state index contributed by atoms with van der Waals surface area (Å²) in [4.78, 5) is 12.5. The van der Waals surface area contributed by atoms with Crippen molar-refractivity contribution in [1.29, 1.82) is 0 Å². The lowest BCUT2D eigenvalue weighted by atomic mass is 10.2. The summed E-state index contributed by atoms with van der Waals surface area (Å²) in [6, 6.07) is 19.4. The quantitative estimate of drug-likeness (QED) is 0.525. The standard InChI is InChI=1S/C20H15BrClNO3/c1-25-16-4-2-3-13(11-16)20(24)23-19-12-17(9-10-18(19)21)26-15-7-5-14(22)6-8-15/h2-12H,1H3,(H,23,24). The third kappa shape index (κ3) is 4.56. The first kappa shape index (κ1) is 18.3. The highest BCUT2D eigenvalue weighted by atomic mass is 79.9. The second-order valence-electron chi connectivity index (χ2n) is 5.38. The van der Waals surface area contributed by atoms with Crippen LogP contribution >= 0.6 is 27.5 Å². The predicted octanol–water partition coefficient (Wildman–Crippen LogP) is 6.16. The Hall–Kier alpha value is -2.50. The Labute approximate surface area is 164 Å². The van der Waals surface area contributed by atoms with Gasteiger partial charge in [0.2, 0.25) is 0 Å². The Balaban J connectivity index is 1.78. The normalized spacial score (nSPS) is 10.3. The van der Waals surface area contributed by atoms with Gasteiger partial charge in [0.15, 0.2) is 0 Å². The van der Waals surface area contributed by atoms with Crippen LogP contribution in [0.2, 0.25) is 5.02 Å². The fraction of sp³-hybridized carbons (Fsp3) is 0.0500. The summed E-state index contributed by atoms with van der Waals surface area (Å²) in [6.07, 6.45) is 0. The molecular weight excluding hydrogens is 418 g/mol. The number of nitrogens with one attached hydrogen (secondary N) is 1. The van der Waals surface area contributed by atoms with Gasteiger partial charge in [0.1, 0.15) is 17.2 Å². The van der Waals surface area contributed by atoms with E-state index >= 15 is 0 Å². The van der Waals surface area contributed by atoms with Crippen LogP contribution in [0.4, 0.5) is 5.69 Å². The van der Waals surface area contributed by atoms with Crippen LogP contribution in [-0.4, -0.2) is 13.0 Å². The lowest BCUT2D eigenvalue weighted by molar-refractivity contribution is 0.102. The number of hydrogen-bond acceptors (Lipinski definition) is 3. The summed E-state index contributed by atoms with van der Waals surface area (Å²) in [6.45, 7) is 0. The Kier molecular flexibility index (Phi) is 5.81. The smallest absolute Gasteiger partial charge is 0.255 e. The number of amides is 1. The first-order valence-corrected chi connectivity index (χ1v) is 8.90. The van der Waals surface area contributed by atoms with Gasteiger partial charge >= 0.3 is 0 Å². The highest BCUT2D eigenvalue weighted by molar-refractivity contribution is 9.10. The topological polar surface area (TPSA) is 47.6 Å². The van der Waals surface area contributed by atoms with E-state index in [1.165, 1.54) is 0 Å². The minimum absolute atomic E-state index is 0.242. The van der Waals surface area contributed by atoms with E-state index < -0.39 is 0 Å². The van der Waals surface area contributed by atoms with Gasteiger partial charge < -0.3 is 14.8 Å². The molecule has 0 aromatic heterocycles. The van der Waals surface area contributed by atoms with Gasteiger partial charge in [0.25, 0.3) is 5.91 Å². The molecular formula is C20H15BrClNO3. The van der Waals surface area contributed by atoms with Crippen molar-refractivity contribution in [3.8, 4) is 17.2 Å². The van der Waals surface area contributed by atoms with Gasteiger partial charge in [0, 0.05) is 21.1 Å². The molecule has 6 heteroatoms. The lowest BCUT2D eigenvalue weighted by Crippen LogP contribution is -2.12. The highest BCUT2D eigenvalue weighted by Gasteiger charge is 2.11. The van der Waals surface area contributed by atoms with E-state index in [2.05, 4.69) is 21.2 Å². The van der Waals surface area contributed by atoms with Gasteiger partial charge in [-0.25, -0.2) is 0 Å². The molecule has 0 heterocycles. The minimum Gasteiger partial charge on any atom is -0.497 e. The van der Waals surface area contributed by atoms with Crippen LogP contribution in [0.3, 0.4) is 0 Å². The molecule has 0 aliphatic heterocycles. The second-order valence-corrected chi connectivity index (χ2v) is 6.67. The van der Waals surface area contributed by atoms with Crippen molar-refractivity contribution < 1.29 is 14.3 Å². The van der Waals surface area contributed by atoms with Gasteiger partial charge in [-0.2, -0.15) is 0 Å². The Morgan fingerprint density at radius 1 is 0.962 bits per heavy atom. The summed E-state index contributed by atoms with van der Waals surface area (Å²) >= 11 is 9.32. The van der Waals surface area contributed by atoms with E-state index in [9.17, 15) is 4.79 Å². The molecule has 26 heavy (non-hydrogen) atoms. The first-order chi connectivity index (χ1) is 12.5. The summed E-state index contributed by atoms with van der Waals surface area (Å²) in [7, 11) is 1.56. The van der Waals surface area contributed by atoms with Crippen molar-refractivity contribution in [1.82, 2.24) is 0 Å². The number of anilines is 1. The van der Waals surface area contributed by atoms with Crippen LogP contribution < -0.4 is 14.8 Å². The lowest BCUT2D eigenvalue weighted by Gasteiger charge is -2.11. The molecule has 132 valence electrons. The average Bonchev–Trinajstić information content (AvgIpc) is 2.66. The van der Waals surface area contributed by atoms with Crippen LogP contribution in [0.5, 0.6) is 17.2 Å². The van der Waals surface area contributed by atoms with Crippen LogP contribution in [-0.2, 0) is 0 Å². The number of rotatable bonds is 5. The molecule has 0 aliphatic carbocycles. The van der Waals surface area contributed by atoms with E-state index in [0.29, 0.717) is 33.5 Å². The van der Waals surface area contributed by atoms with Gasteiger partial charge in [-0.1, -0.05) is 17.7 Å². The molecule has 0 fully saturated rings. The zero-order valence-corrected chi connectivity index (χ0v) is 16.2. The number of carbonyl (C=O) groups excluding carboxylic acids is 1. The van der Waals surface area contributed by atoms with E-state index in [4.69, 9.17) is 21.1 Å². The molecule has 0 saturated carbocycles. The number of methoxy groups -OCH3 is 1. The summed E-state index contributed by atoms with van der Waals surface area (Å²) in [5.41, 5.74) is 1.10. The largest absolute Gasteiger partial charge is 0.497 e. The first-order valence-electron chi connectivity index (χ1n) is 7.73. The number of halogens is 2. The molecule has 0 aliphatic rings. The minimum atomic E-state index is -0.242. The predicted molar refractivity (Wildman–Crippen MR) is 107 cm³/mol. The van der Waals surface area contributed by atoms with Crippen molar-refractivity contribution >= 4 is 39.1 Å². The average molecular weight is 433 g/mol. The maximum Gasteiger partial charge on any atom is 0.255 e. The molecule has 0 spiro atoms. The van der Waals surface area contributed by atoms with Crippen LogP contribution in [0.15, 0.2) is 71.2 Å². The van der Waals surface area contributed by atoms with Gasteiger partial charge in [-0.3, -0.25) is 4.79 Å². The fourth-order valence-corrected chi connectivity index (χ4v) is 2.73. The zero-order chi connectivity index (χ0) is 18.5. The molecule has 0 atom stereocenters. The zero-order valence-electron chi connectivity index (χ0n) is 13.8. The number of carbonyl (C=O) groups is 1. The molecule has 1 amide bonds. The Morgan fingerprint density at radius 2 is 1.69 bits per heavy atom. The molecule has 3 rings (SSSR count). The summed E-state index contributed by atoms with van der Waals surface area (Å²) < 4.78 is 11.7. The summed E-state index contributed by atoms with van der Waals surface area (Å²) in [5, 5.41) is 3.51. The monoisotopic (exact) mass is 431 g/mol. The van der Waals surface area contributed by atoms with Crippen molar-refractivity contribution in [2.24, 2.45) is 0 Å². The molecule has 0 unspecified atom stereocenters. The van der Waals surface area contributed by atoms with Gasteiger partial charge in [-0.15, -0.1) is 0 Å². The molecule has 3 aromatic carbocycles. The van der Waals surface area contributed by atoms with Crippen molar-refractivity contribution in [3.63, 3.8) is 0 Å². The highest BCUT2D eigenvalue weighted by Crippen LogP contribution is 2.31. The maximum absolute atomic E-state index is 12.5. The van der Waals surface area contributed by atoms with Gasteiger partial charge in [-0.05, 0) is 70.5 Å². The molecule has 0 radical (unpaired) electrons. The molecule has 3 aromatic rings. The second kappa shape index (κ2) is 8.25. The van der Waals surface area contributed by atoms with Crippen LogP contribution in [0.25, 0.3) is 0 Å². The van der Waals surface area contributed by atoms with E-state index in [0.717, 1.165) is 4.47 Å². The van der Waals surface area contributed by atoms with Gasteiger partial charge in [0.05, 0.1) is 12.8 Å². The van der Waals surface area contributed by atoms with Crippen LogP contribution in [0, 0.1) is 0 Å². The van der Waals surface area contributed by atoms with Crippen molar-refractivity contribution in [2.75, 3.05) is 12.4 Å². The third-order valence-corrected chi connectivity index (χ3v) is 4.51. The summed E-state index contributed by atoms with van der Waals surface area (Å²) in [5.74, 6) is 1.63. The third-order valence-electron chi connectivity index (χ3n) is 3.57. The van der Waals surface area contributed by atoms with Crippen LogP contribution in [0.1, 0.15) is 10.4 Å². The fourth-order valence-electron chi connectivity index (χ4n) is 2.26. The molecule has 0 saturated heterocycles. The Bertz CT molecular complexity index is 929. The van der Waals surface area contributed by atoms with Crippen molar-refractivity contribution in [3.05, 3.63) is 81.8 Å².